The van der Waals surface area contributed by atoms with Crippen LogP contribution in [-0.2, 0) is 9.53 Å². The molecule has 0 atom stereocenters. The van der Waals surface area contributed by atoms with Crippen LogP contribution in [0.1, 0.15) is 25.0 Å². The predicted molar refractivity (Wildman–Crippen MR) is 119 cm³/mol. The number of anilines is 2. The number of carbonyl (C=O) groups excluding carboxylic acids is 1. The van der Waals surface area contributed by atoms with Crippen LogP contribution in [-0.4, -0.2) is 54.6 Å². The van der Waals surface area contributed by atoms with Gasteiger partial charge in [-0.15, -0.1) is 0 Å². The maximum Gasteiger partial charge on any atom is 0.260 e. The Morgan fingerprint density at radius 3 is 2.61 bits per heavy atom. The van der Waals surface area contributed by atoms with Crippen LogP contribution in [0, 0.1) is 5.82 Å². The largest absolute Gasteiger partial charge is 0.482 e. The van der Waals surface area contributed by atoms with Crippen molar-refractivity contribution in [2.75, 3.05) is 43.4 Å². The van der Waals surface area contributed by atoms with Crippen molar-refractivity contribution in [1.82, 2.24) is 9.88 Å². The second-order valence-corrected chi connectivity index (χ2v) is 8.75. The van der Waals surface area contributed by atoms with Crippen LogP contribution in [0.25, 0.3) is 11.1 Å². The summed E-state index contributed by atoms with van der Waals surface area (Å²) in [5.41, 5.74) is 2.84. The summed E-state index contributed by atoms with van der Waals surface area (Å²) in [5.74, 6) is 0.790. The number of fused-ring (bicyclic) bond motifs is 1. The van der Waals surface area contributed by atoms with Crippen molar-refractivity contribution in [3.63, 3.8) is 0 Å². The molecule has 3 aliphatic heterocycles. The lowest BCUT2D eigenvalue weighted by atomic mass is 9.93. The molecule has 2 aromatic rings. The fourth-order valence-electron chi connectivity index (χ4n) is 4.38. The minimum Gasteiger partial charge on any atom is -0.482 e. The number of ether oxygens (including phenoxy) is 1. The fourth-order valence-corrected chi connectivity index (χ4v) is 4.38. The molecule has 160 valence electrons. The molecule has 0 spiro atoms. The van der Waals surface area contributed by atoms with Gasteiger partial charge >= 0.3 is 0 Å². The number of amides is 1. The molecule has 7 heteroatoms. The number of likely N-dealkylation sites (N-methyl/N-ethyl adjacent to an activating group) is 1. The summed E-state index contributed by atoms with van der Waals surface area (Å²) >= 11 is 0. The minimum absolute atomic E-state index is 0.285. The van der Waals surface area contributed by atoms with Gasteiger partial charge in [-0.05, 0) is 57.3 Å². The maximum absolute atomic E-state index is 13.6. The van der Waals surface area contributed by atoms with E-state index >= 15 is 0 Å². The van der Waals surface area contributed by atoms with Gasteiger partial charge in [-0.25, -0.2) is 9.37 Å². The van der Waals surface area contributed by atoms with Gasteiger partial charge in [0.05, 0.1) is 11.3 Å². The van der Waals surface area contributed by atoms with Gasteiger partial charge in [-0.3, -0.25) is 4.79 Å². The summed E-state index contributed by atoms with van der Waals surface area (Å²) < 4.78 is 19.8. The molecule has 0 saturated carbocycles. The average Bonchev–Trinajstić information content (AvgIpc) is 3.23. The molecule has 1 saturated heterocycles. The number of halogens is 1. The first kappa shape index (κ1) is 19.8. The van der Waals surface area contributed by atoms with Crippen LogP contribution in [0.3, 0.4) is 0 Å². The Kier molecular flexibility index (Phi) is 4.59. The summed E-state index contributed by atoms with van der Waals surface area (Å²) in [6.45, 7) is 7.93. The van der Waals surface area contributed by atoms with Crippen molar-refractivity contribution in [2.24, 2.45) is 0 Å². The van der Waals surface area contributed by atoms with Crippen LogP contribution in [0.4, 0.5) is 15.9 Å². The van der Waals surface area contributed by atoms with Crippen molar-refractivity contribution in [3.8, 4) is 0 Å². The molecule has 5 rings (SSSR count). The number of hydrogen-bond acceptors (Lipinski definition) is 5. The van der Waals surface area contributed by atoms with E-state index < -0.39 is 5.60 Å². The Bertz CT molecular complexity index is 1110. The zero-order chi connectivity index (χ0) is 21.8. The lowest BCUT2D eigenvalue weighted by Crippen LogP contribution is -2.44. The van der Waals surface area contributed by atoms with Crippen molar-refractivity contribution in [3.05, 3.63) is 65.3 Å². The molecule has 1 fully saturated rings. The van der Waals surface area contributed by atoms with Crippen molar-refractivity contribution in [1.29, 1.82) is 0 Å². The molecule has 4 heterocycles. The Hall–Kier alpha value is -3.19. The van der Waals surface area contributed by atoms with Gasteiger partial charge in [0.25, 0.3) is 5.91 Å². The number of allylic oxidation sites excluding steroid dienone is 1. The highest BCUT2D eigenvalue weighted by atomic mass is 19.1. The van der Waals surface area contributed by atoms with E-state index in [1.807, 2.05) is 32.2 Å². The third kappa shape index (κ3) is 3.49. The van der Waals surface area contributed by atoms with Gasteiger partial charge in [-0.2, -0.15) is 0 Å². The molecule has 1 aromatic heterocycles. The third-order valence-corrected chi connectivity index (χ3v) is 6.15. The van der Waals surface area contributed by atoms with Crippen LogP contribution in [0.15, 0.2) is 48.4 Å². The highest BCUT2D eigenvalue weighted by Crippen LogP contribution is 2.44. The lowest BCUT2D eigenvalue weighted by molar-refractivity contribution is -0.111. The van der Waals surface area contributed by atoms with Crippen LogP contribution in [0.2, 0.25) is 0 Å². The third-order valence-electron chi connectivity index (χ3n) is 6.15. The number of nitrogens with zero attached hydrogens (tertiary/aromatic N) is 3. The van der Waals surface area contributed by atoms with Gasteiger partial charge in [-0.1, -0.05) is 0 Å². The highest BCUT2D eigenvalue weighted by molar-refractivity contribution is 6.32. The molecule has 0 radical (unpaired) electrons. The topological polar surface area (TPSA) is 57.7 Å². The predicted octanol–water partition coefficient (Wildman–Crippen LogP) is 3.53. The van der Waals surface area contributed by atoms with Gasteiger partial charge in [0.15, 0.2) is 0 Å². The normalized spacial score (nSPS) is 22.8. The summed E-state index contributed by atoms with van der Waals surface area (Å²) in [6, 6.07) is 8.39. The van der Waals surface area contributed by atoms with Gasteiger partial charge in [0, 0.05) is 49.1 Å². The number of piperazine rings is 1. The van der Waals surface area contributed by atoms with E-state index in [9.17, 15) is 9.18 Å². The van der Waals surface area contributed by atoms with E-state index in [0.29, 0.717) is 22.6 Å². The van der Waals surface area contributed by atoms with Gasteiger partial charge in [0.2, 0.25) is 0 Å². The molecule has 3 aliphatic rings. The molecule has 31 heavy (non-hydrogen) atoms. The maximum atomic E-state index is 13.6. The zero-order valence-electron chi connectivity index (χ0n) is 17.9. The standard InChI is InChI=1S/C24H25FN4O2/c1-24(2)18(15-4-7-21(26-14-15)29-10-8-28(3)9-11-29)13-20(31-24)22-17-6-5-16(25)12-19(17)27-23(22)30/h4-7,12-14H,8-11H2,1-3H3,(H,27,30)/b22-20+. The molecule has 0 bridgehead atoms. The van der Waals surface area contributed by atoms with E-state index in [1.54, 1.807) is 6.07 Å². The summed E-state index contributed by atoms with van der Waals surface area (Å²) in [6.07, 6.45) is 3.77. The van der Waals surface area contributed by atoms with Gasteiger partial charge < -0.3 is 19.9 Å². The van der Waals surface area contributed by atoms with Crippen LogP contribution < -0.4 is 10.2 Å². The molecule has 6 nitrogen and oxygen atoms in total. The molecule has 1 amide bonds. The summed E-state index contributed by atoms with van der Waals surface area (Å²) in [4.78, 5) is 21.9. The molecule has 0 unspecified atom stereocenters. The Morgan fingerprint density at radius 2 is 1.90 bits per heavy atom. The first-order chi connectivity index (χ1) is 14.8. The quantitative estimate of drug-likeness (QED) is 0.754. The monoisotopic (exact) mass is 420 g/mol. The zero-order valence-corrected chi connectivity index (χ0v) is 17.9. The number of rotatable bonds is 2. The van der Waals surface area contributed by atoms with Crippen LogP contribution >= 0.6 is 0 Å². The first-order valence-corrected chi connectivity index (χ1v) is 10.5. The average molecular weight is 420 g/mol. The van der Waals surface area contributed by atoms with Crippen molar-refractivity contribution >= 4 is 28.6 Å². The first-order valence-electron chi connectivity index (χ1n) is 10.5. The summed E-state index contributed by atoms with van der Waals surface area (Å²) in [7, 11) is 2.13. The van der Waals surface area contributed by atoms with Gasteiger partial charge in [0.1, 0.15) is 23.0 Å². The number of hydrogen-bond donors (Lipinski definition) is 1. The number of carbonyl (C=O) groups is 1. The Balaban J connectivity index is 1.48. The number of pyridine rings is 1. The van der Waals surface area contributed by atoms with E-state index in [4.69, 9.17) is 9.72 Å². The second-order valence-electron chi connectivity index (χ2n) is 8.75. The molecule has 1 aromatic carbocycles. The minimum atomic E-state index is -0.623. The molecule has 0 aliphatic carbocycles. The van der Waals surface area contributed by atoms with E-state index in [2.05, 4.69) is 28.2 Å². The summed E-state index contributed by atoms with van der Waals surface area (Å²) in [5, 5.41) is 2.73. The Labute approximate surface area is 181 Å². The van der Waals surface area contributed by atoms with E-state index in [1.165, 1.54) is 12.1 Å². The van der Waals surface area contributed by atoms with Crippen LogP contribution in [0.5, 0.6) is 0 Å². The Morgan fingerprint density at radius 1 is 1.13 bits per heavy atom. The molecule has 1 N–H and O–H groups in total. The fraction of sp³-hybridized carbons (Fsp3) is 0.333. The molecular formula is C24H25FN4O2. The number of aromatic nitrogens is 1. The van der Waals surface area contributed by atoms with E-state index in [-0.39, 0.29) is 11.7 Å². The molecular weight excluding hydrogens is 395 g/mol. The number of benzene rings is 1. The smallest absolute Gasteiger partial charge is 0.260 e. The second kappa shape index (κ2) is 7.20. The SMILES string of the molecule is CN1CCN(c2ccc(C3=C/C(=C4\C(=O)Nc5cc(F)ccc54)OC3(C)C)cn2)CC1. The highest BCUT2D eigenvalue weighted by Gasteiger charge is 2.38. The number of nitrogens with one attached hydrogen (secondary N) is 1. The van der Waals surface area contributed by atoms with E-state index in [0.717, 1.165) is 43.1 Å². The van der Waals surface area contributed by atoms with Crippen molar-refractivity contribution < 1.29 is 13.9 Å². The van der Waals surface area contributed by atoms with Crippen molar-refractivity contribution in [2.45, 2.75) is 19.4 Å². The lowest BCUT2D eigenvalue weighted by Gasteiger charge is -2.33.